The molecule has 2 heterocycles. The summed E-state index contributed by atoms with van der Waals surface area (Å²) in [5.41, 5.74) is 1.20. The number of rotatable bonds is 5. The van der Waals surface area contributed by atoms with Gasteiger partial charge in [-0.1, -0.05) is 36.0 Å². The van der Waals surface area contributed by atoms with Gasteiger partial charge in [-0.25, -0.2) is 0 Å². The predicted molar refractivity (Wildman–Crippen MR) is 110 cm³/mol. The summed E-state index contributed by atoms with van der Waals surface area (Å²) in [7, 11) is 1.80. The molecule has 150 valence electrons. The molecular weight excluding hydrogens is 372 g/mol. The lowest BCUT2D eigenvalue weighted by molar-refractivity contribution is -0.0948. The van der Waals surface area contributed by atoms with Crippen molar-refractivity contribution >= 4 is 11.8 Å². The van der Waals surface area contributed by atoms with Gasteiger partial charge in [0.1, 0.15) is 0 Å². The van der Waals surface area contributed by atoms with E-state index in [1.807, 2.05) is 12.1 Å². The maximum absolute atomic E-state index is 10.8. The molecule has 0 bridgehead atoms. The van der Waals surface area contributed by atoms with Crippen molar-refractivity contribution in [3.05, 3.63) is 59.7 Å². The highest BCUT2D eigenvalue weighted by atomic mass is 32.2. The van der Waals surface area contributed by atoms with E-state index in [-0.39, 0.29) is 5.60 Å². The van der Waals surface area contributed by atoms with Crippen molar-refractivity contribution in [3.8, 4) is 0 Å². The molecule has 0 spiro atoms. The first-order chi connectivity index (χ1) is 13.6. The van der Waals surface area contributed by atoms with E-state index in [0.29, 0.717) is 26.1 Å². The van der Waals surface area contributed by atoms with Crippen molar-refractivity contribution in [1.82, 2.24) is 0 Å². The Bertz CT molecular complexity index is 777. The van der Waals surface area contributed by atoms with Gasteiger partial charge in [0.25, 0.3) is 0 Å². The zero-order valence-corrected chi connectivity index (χ0v) is 17.2. The molecule has 0 saturated carbocycles. The molecule has 2 aromatic rings. The summed E-state index contributed by atoms with van der Waals surface area (Å²) in [6.45, 7) is 2.71. The Morgan fingerprint density at radius 2 is 1.46 bits per heavy atom. The van der Waals surface area contributed by atoms with E-state index < -0.39 is 5.60 Å². The Morgan fingerprint density at radius 1 is 0.821 bits per heavy atom. The summed E-state index contributed by atoms with van der Waals surface area (Å²) in [4.78, 5) is 2.35. The van der Waals surface area contributed by atoms with Gasteiger partial charge in [-0.15, -0.1) is 0 Å². The lowest BCUT2D eigenvalue weighted by atomic mass is 9.86. The van der Waals surface area contributed by atoms with Gasteiger partial charge in [0.05, 0.1) is 11.2 Å². The molecule has 0 aromatic heterocycles. The third-order valence-corrected chi connectivity index (χ3v) is 7.00. The molecule has 0 radical (unpaired) electrons. The van der Waals surface area contributed by atoms with Crippen LogP contribution in [0.2, 0.25) is 0 Å². The summed E-state index contributed by atoms with van der Waals surface area (Å²) in [5.74, 6) is 0. The Balaban J connectivity index is 1.50. The zero-order chi connectivity index (χ0) is 19.5. The van der Waals surface area contributed by atoms with Crippen molar-refractivity contribution in [2.75, 3.05) is 33.5 Å². The molecule has 2 aliphatic rings. The zero-order valence-electron chi connectivity index (χ0n) is 16.4. The number of hydrogen-bond donors (Lipinski definition) is 1. The largest absolute Gasteiger partial charge is 0.385 e. The number of ether oxygens (including phenoxy) is 3. The molecule has 2 fully saturated rings. The molecule has 0 unspecified atom stereocenters. The topological polar surface area (TPSA) is 47.9 Å². The van der Waals surface area contributed by atoms with Crippen molar-refractivity contribution in [3.63, 3.8) is 0 Å². The van der Waals surface area contributed by atoms with Gasteiger partial charge in [-0.05, 0) is 35.4 Å². The first-order valence-electron chi connectivity index (χ1n) is 9.96. The normalized spacial score (nSPS) is 21.4. The number of benzene rings is 2. The summed E-state index contributed by atoms with van der Waals surface area (Å²) in [5, 5.41) is 10.8. The molecule has 28 heavy (non-hydrogen) atoms. The Labute approximate surface area is 171 Å². The Kier molecular flexibility index (Phi) is 6.09. The number of aliphatic hydroxyl groups is 1. The highest BCUT2D eigenvalue weighted by Gasteiger charge is 2.34. The SMILES string of the molecule is COC1(c2cccc(Sc3ccc(C4(O)CCOCC4)cc3)c2)CCOCC1. The van der Waals surface area contributed by atoms with E-state index in [4.69, 9.17) is 14.2 Å². The van der Waals surface area contributed by atoms with Crippen molar-refractivity contribution in [1.29, 1.82) is 0 Å². The third-order valence-electron chi connectivity index (χ3n) is 6.00. The smallest absolute Gasteiger partial charge is 0.0971 e. The molecule has 0 aliphatic carbocycles. The third kappa shape index (κ3) is 4.14. The van der Waals surface area contributed by atoms with Gasteiger partial charge >= 0.3 is 0 Å². The Morgan fingerprint density at radius 3 is 2.11 bits per heavy atom. The molecule has 4 rings (SSSR count). The fraction of sp³-hybridized carbons (Fsp3) is 0.478. The second-order valence-corrected chi connectivity index (χ2v) is 8.76. The molecule has 5 heteroatoms. The lowest BCUT2D eigenvalue weighted by Crippen LogP contribution is -2.35. The molecule has 2 aliphatic heterocycles. The maximum atomic E-state index is 10.8. The van der Waals surface area contributed by atoms with Crippen molar-refractivity contribution in [2.24, 2.45) is 0 Å². The molecule has 2 aromatic carbocycles. The molecule has 4 nitrogen and oxygen atoms in total. The molecule has 0 atom stereocenters. The van der Waals surface area contributed by atoms with Crippen LogP contribution in [-0.2, 0) is 25.4 Å². The van der Waals surface area contributed by atoms with Crippen LogP contribution in [0.1, 0.15) is 36.8 Å². The fourth-order valence-corrected chi connectivity index (χ4v) is 5.00. The lowest BCUT2D eigenvalue weighted by Gasteiger charge is -2.36. The fourth-order valence-electron chi connectivity index (χ4n) is 4.12. The summed E-state index contributed by atoms with van der Waals surface area (Å²) >= 11 is 1.74. The summed E-state index contributed by atoms with van der Waals surface area (Å²) in [6.07, 6.45) is 3.08. The monoisotopic (exact) mass is 400 g/mol. The second kappa shape index (κ2) is 8.56. The van der Waals surface area contributed by atoms with Gasteiger partial charge in [-0.3, -0.25) is 0 Å². The highest BCUT2D eigenvalue weighted by molar-refractivity contribution is 7.99. The van der Waals surface area contributed by atoms with Crippen molar-refractivity contribution in [2.45, 2.75) is 46.7 Å². The van der Waals surface area contributed by atoms with Crippen LogP contribution < -0.4 is 0 Å². The minimum Gasteiger partial charge on any atom is -0.385 e. The van der Waals surface area contributed by atoms with Crippen LogP contribution in [0.4, 0.5) is 0 Å². The van der Waals surface area contributed by atoms with E-state index in [9.17, 15) is 5.11 Å². The molecule has 0 amide bonds. The van der Waals surface area contributed by atoms with Gasteiger partial charge in [0, 0.05) is 69.0 Å². The predicted octanol–water partition coefficient (Wildman–Crippen LogP) is 4.49. The van der Waals surface area contributed by atoms with Gasteiger partial charge in [0.15, 0.2) is 0 Å². The van der Waals surface area contributed by atoms with E-state index in [1.165, 1.54) is 10.5 Å². The Hall–Kier alpha value is -1.37. The molecular formula is C23H28O4S. The summed E-state index contributed by atoms with van der Waals surface area (Å²) in [6, 6.07) is 16.9. The van der Waals surface area contributed by atoms with E-state index in [1.54, 1.807) is 18.9 Å². The number of hydrogen-bond acceptors (Lipinski definition) is 5. The van der Waals surface area contributed by atoms with E-state index in [2.05, 4.69) is 36.4 Å². The maximum Gasteiger partial charge on any atom is 0.0971 e. The minimum absolute atomic E-state index is 0.245. The van der Waals surface area contributed by atoms with Gasteiger partial charge in [-0.2, -0.15) is 0 Å². The van der Waals surface area contributed by atoms with Crippen LogP contribution in [0.25, 0.3) is 0 Å². The first kappa shape index (κ1) is 19.9. The molecule has 1 N–H and O–H groups in total. The summed E-state index contributed by atoms with van der Waals surface area (Å²) < 4.78 is 16.9. The van der Waals surface area contributed by atoms with E-state index in [0.717, 1.165) is 36.5 Å². The van der Waals surface area contributed by atoms with Crippen LogP contribution in [0.15, 0.2) is 58.3 Å². The van der Waals surface area contributed by atoms with Crippen LogP contribution in [0.3, 0.4) is 0 Å². The minimum atomic E-state index is -0.755. The molecule has 2 saturated heterocycles. The average Bonchev–Trinajstić information content (AvgIpc) is 2.75. The average molecular weight is 401 g/mol. The van der Waals surface area contributed by atoms with E-state index >= 15 is 0 Å². The quantitative estimate of drug-likeness (QED) is 0.801. The number of methoxy groups -OCH3 is 1. The van der Waals surface area contributed by atoms with Crippen LogP contribution in [0, 0.1) is 0 Å². The van der Waals surface area contributed by atoms with Crippen LogP contribution in [-0.4, -0.2) is 38.6 Å². The second-order valence-electron chi connectivity index (χ2n) is 7.61. The highest BCUT2D eigenvalue weighted by Crippen LogP contribution is 2.39. The van der Waals surface area contributed by atoms with Crippen LogP contribution >= 0.6 is 11.8 Å². The van der Waals surface area contributed by atoms with Gasteiger partial charge < -0.3 is 19.3 Å². The van der Waals surface area contributed by atoms with Crippen LogP contribution in [0.5, 0.6) is 0 Å². The van der Waals surface area contributed by atoms with Gasteiger partial charge in [0.2, 0.25) is 0 Å². The standard InChI is InChI=1S/C23H28O4S/c1-25-23(11-15-27-16-12-23)19-3-2-4-21(17-19)28-20-7-5-18(6-8-20)22(24)9-13-26-14-10-22/h2-8,17,24H,9-16H2,1H3. The first-order valence-corrected chi connectivity index (χ1v) is 10.8. The van der Waals surface area contributed by atoms with Crippen molar-refractivity contribution < 1.29 is 19.3 Å².